The minimum atomic E-state index is -0.186. The second-order valence-electron chi connectivity index (χ2n) is 4.97. The zero-order valence-electron chi connectivity index (χ0n) is 12.3. The standard InChI is InChI=1S/C17H20FNO2/c1-12-3-4-14(11-17(12)18)13(2)19-15-5-7-16(8-6-15)21-10-9-20/h3-8,11,13,19-20H,9-10H2,1-2H3. The lowest BCUT2D eigenvalue weighted by molar-refractivity contribution is 0.201. The second kappa shape index (κ2) is 7.09. The van der Waals surface area contributed by atoms with Crippen LogP contribution in [0.25, 0.3) is 0 Å². The van der Waals surface area contributed by atoms with Crippen molar-refractivity contribution in [3.63, 3.8) is 0 Å². The third-order valence-corrected chi connectivity index (χ3v) is 3.29. The minimum absolute atomic E-state index is 0.00394. The number of aliphatic hydroxyl groups excluding tert-OH is 1. The summed E-state index contributed by atoms with van der Waals surface area (Å²) < 4.78 is 18.9. The van der Waals surface area contributed by atoms with Gasteiger partial charge in [0.1, 0.15) is 18.2 Å². The van der Waals surface area contributed by atoms with E-state index in [9.17, 15) is 4.39 Å². The lowest BCUT2D eigenvalue weighted by Gasteiger charge is -2.16. The molecule has 21 heavy (non-hydrogen) atoms. The molecule has 0 fully saturated rings. The molecule has 0 aliphatic carbocycles. The van der Waals surface area contributed by atoms with Crippen LogP contribution in [0.1, 0.15) is 24.1 Å². The Kier molecular flexibility index (Phi) is 5.17. The van der Waals surface area contributed by atoms with Crippen LogP contribution in [-0.4, -0.2) is 18.3 Å². The van der Waals surface area contributed by atoms with Crippen molar-refractivity contribution >= 4 is 5.69 Å². The fourth-order valence-electron chi connectivity index (χ4n) is 2.02. The van der Waals surface area contributed by atoms with Gasteiger partial charge in [0.2, 0.25) is 0 Å². The number of hydrogen-bond donors (Lipinski definition) is 2. The van der Waals surface area contributed by atoms with E-state index in [1.54, 1.807) is 19.1 Å². The largest absolute Gasteiger partial charge is 0.491 e. The molecule has 0 aliphatic heterocycles. The van der Waals surface area contributed by atoms with Gasteiger partial charge in [-0.15, -0.1) is 0 Å². The molecule has 2 aromatic rings. The quantitative estimate of drug-likeness (QED) is 0.852. The van der Waals surface area contributed by atoms with Crippen molar-refractivity contribution < 1.29 is 14.2 Å². The molecule has 4 heteroatoms. The topological polar surface area (TPSA) is 41.5 Å². The minimum Gasteiger partial charge on any atom is -0.491 e. The molecule has 0 aliphatic rings. The highest BCUT2D eigenvalue weighted by Crippen LogP contribution is 2.22. The lowest BCUT2D eigenvalue weighted by atomic mass is 10.1. The molecular weight excluding hydrogens is 269 g/mol. The van der Waals surface area contributed by atoms with Gasteiger partial charge >= 0.3 is 0 Å². The van der Waals surface area contributed by atoms with Crippen LogP contribution in [0.5, 0.6) is 5.75 Å². The SMILES string of the molecule is Cc1ccc(C(C)Nc2ccc(OCCO)cc2)cc1F. The molecule has 2 rings (SSSR count). The molecule has 1 atom stereocenters. The van der Waals surface area contributed by atoms with E-state index in [4.69, 9.17) is 9.84 Å². The molecule has 2 N–H and O–H groups in total. The summed E-state index contributed by atoms with van der Waals surface area (Å²) in [4.78, 5) is 0. The summed E-state index contributed by atoms with van der Waals surface area (Å²) >= 11 is 0. The molecule has 0 aromatic heterocycles. The van der Waals surface area contributed by atoms with Gasteiger partial charge in [0.05, 0.1) is 6.61 Å². The fourth-order valence-corrected chi connectivity index (χ4v) is 2.02. The monoisotopic (exact) mass is 289 g/mol. The van der Waals surface area contributed by atoms with Crippen LogP contribution < -0.4 is 10.1 Å². The Bertz CT molecular complexity index is 584. The highest BCUT2D eigenvalue weighted by molar-refractivity contribution is 5.48. The molecule has 0 saturated carbocycles. The van der Waals surface area contributed by atoms with Crippen LogP contribution in [0.15, 0.2) is 42.5 Å². The van der Waals surface area contributed by atoms with E-state index in [-0.39, 0.29) is 25.1 Å². The van der Waals surface area contributed by atoms with Gasteiger partial charge < -0.3 is 15.2 Å². The van der Waals surface area contributed by atoms with Crippen LogP contribution in [0.3, 0.4) is 0 Å². The van der Waals surface area contributed by atoms with Gasteiger partial charge in [-0.25, -0.2) is 4.39 Å². The van der Waals surface area contributed by atoms with Crippen LogP contribution in [-0.2, 0) is 0 Å². The predicted octanol–water partition coefficient (Wildman–Crippen LogP) is 3.68. The Morgan fingerprint density at radius 3 is 2.52 bits per heavy atom. The van der Waals surface area contributed by atoms with Crippen molar-refractivity contribution in [2.75, 3.05) is 18.5 Å². The first-order valence-corrected chi connectivity index (χ1v) is 6.96. The van der Waals surface area contributed by atoms with Crippen molar-refractivity contribution in [2.45, 2.75) is 19.9 Å². The number of anilines is 1. The molecule has 0 radical (unpaired) electrons. The maximum absolute atomic E-state index is 13.6. The van der Waals surface area contributed by atoms with Gasteiger partial charge in [0, 0.05) is 11.7 Å². The van der Waals surface area contributed by atoms with Crippen molar-refractivity contribution in [1.29, 1.82) is 0 Å². The molecular formula is C17H20FNO2. The van der Waals surface area contributed by atoms with Gasteiger partial charge in [0.25, 0.3) is 0 Å². The summed E-state index contributed by atoms with van der Waals surface area (Å²) in [5.74, 6) is 0.525. The first-order chi connectivity index (χ1) is 10.1. The first kappa shape index (κ1) is 15.3. The Hall–Kier alpha value is -2.07. The summed E-state index contributed by atoms with van der Waals surface area (Å²) in [6.07, 6.45) is 0. The Balaban J connectivity index is 2.01. The van der Waals surface area contributed by atoms with E-state index in [0.29, 0.717) is 11.3 Å². The maximum atomic E-state index is 13.6. The van der Waals surface area contributed by atoms with Crippen LogP contribution in [0, 0.1) is 12.7 Å². The molecule has 0 bridgehead atoms. The third-order valence-electron chi connectivity index (χ3n) is 3.29. The normalized spacial score (nSPS) is 12.0. The average molecular weight is 289 g/mol. The van der Waals surface area contributed by atoms with E-state index in [0.717, 1.165) is 11.3 Å². The van der Waals surface area contributed by atoms with Crippen molar-refractivity contribution in [1.82, 2.24) is 0 Å². The number of ether oxygens (including phenoxy) is 1. The average Bonchev–Trinajstić information content (AvgIpc) is 2.49. The molecule has 1 unspecified atom stereocenters. The van der Waals surface area contributed by atoms with Crippen LogP contribution in [0.2, 0.25) is 0 Å². The van der Waals surface area contributed by atoms with Gasteiger partial charge in [-0.3, -0.25) is 0 Å². The van der Waals surface area contributed by atoms with Gasteiger partial charge in [0.15, 0.2) is 0 Å². The van der Waals surface area contributed by atoms with Crippen molar-refractivity contribution in [3.8, 4) is 5.75 Å². The molecule has 3 nitrogen and oxygen atoms in total. The molecule has 0 spiro atoms. The Morgan fingerprint density at radius 2 is 1.90 bits per heavy atom. The molecule has 112 valence electrons. The smallest absolute Gasteiger partial charge is 0.126 e. The summed E-state index contributed by atoms with van der Waals surface area (Å²) in [6.45, 7) is 4.02. The summed E-state index contributed by atoms with van der Waals surface area (Å²) in [6, 6.07) is 12.7. The number of benzene rings is 2. The number of hydrogen-bond acceptors (Lipinski definition) is 3. The number of rotatable bonds is 6. The van der Waals surface area contributed by atoms with Crippen LogP contribution in [0.4, 0.5) is 10.1 Å². The van der Waals surface area contributed by atoms with E-state index in [1.807, 2.05) is 37.3 Å². The predicted molar refractivity (Wildman–Crippen MR) is 82.2 cm³/mol. The summed E-state index contributed by atoms with van der Waals surface area (Å²) in [5.41, 5.74) is 2.48. The Labute approximate surface area is 124 Å². The highest BCUT2D eigenvalue weighted by Gasteiger charge is 2.07. The van der Waals surface area contributed by atoms with E-state index in [1.165, 1.54) is 0 Å². The maximum Gasteiger partial charge on any atom is 0.126 e. The van der Waals surface area contributed by atoms with Gasteiger partial charge in [-0.2, -0.15) is 0 Å². The lowest BCUT2D eigenvalue weighted by Crippen LogP contribution is -2.07. The fraction of sp³-hybridized carbons (Fsp3) is 0.294. The van der Waals surface area contributed by atoms with E-state index < -0.39 is 0 Å². The third kappa shape index (κ3) is 4.20. The van der Waals surface area contributed by atoms with Crippen molar-refractivity contribution in [2.24, 2.45) is 0 Å². The summed E-state index contributed by atoms with van der Waals surface area (Å²) in [5, 5.41) is 12.0. The van der Waals surface area contributed by atoms with Gasteiger partial charge in [-0.1, -0.05) is 12.1 Å². The molecule has 0 heterocycles. The Morgan fingerprint density at radius 1 is 1.19 bits per heavy atom. The number of aryl methyl sites for hydroxylation is 1. The second-order valence-corrected chi connectivity index (χ2v) is 4.97. The van der Waals surface area contributed by atoms with Gasteiger partial charge in [-0.05, 0) is 55.3 Å². The summed E-state index contributed by atoms with van der Waals surface area (Å²) in [7, 11) is 0. The number of halogens is 1. The zero-order valence-corrected chi connectivity index (χ0v) is 12.3. The van der Waals surface area contributed by atoms with Crippen molar-refractivity contribution in [3.05, 3.63) is 59.4 Å². The molecule has 0 saturated heterocycles. The molecule has 2 aromatic carbocycles. The highest BCUT2D eigenvalue weighted by atomic mass is 19.1. The zero-order chi connectivity index (χ0) is 15.2. The van der Waals surface area contributed by atoms with Crippen LogP contribution >= 0.6 is 0 Å². The number of aliphatic hydroxyl groups is 1. The van der Waals surface area contributed by atoms with E-state index >= 15 is 0 Å². The molecule has 0 amide bonds. The van der Waals surface area contributed by atoms with E-state index in [2.05, 4.69) is 5.32 Å². The first-order valence-electron chi connectivity index (χ1n) is 6.96. The number of nitrogens with one attached hydrogen (secondary N) is 1.